The number of nitrogens with zero attached hydrogens (tertiary/aromatic N) is 1. The van der Waals surface area contributed by atoms with Gasteiger partial charge in [0.1, 0.15) is 0 Å². The molecule has 0 aliphatic carbocycles. The van der Waals surface area contributed by atoms with Crippen LogP contribution in [0.3, 0.4) is 0 Å². The second kappa shape index (κ2) is 8.77. The van der Waals surface area contributed by atoms with Crippen molar-refractivity contribution in [3.8, 4) is 0 Å². The van der Waals surface area contributed by atoms with Gasteiger partial charge in [0.15, 0.2) is 0 Å². The normalized spacial score (nSPS) is 27.1. The van der Waals surface area contributed by atoms with E-state index in [4.69, 9.17) is 4.74 Å². The van der Waals surface area contributed by atoms with Gasteiger partial charge >= 0.3 is 0 Å². The highest BCUT2D eigenvalue weighted by Gasteiger charge is 2.24. The van der Waals surface area contributed by atoms with Gasteiger partial charge in [0, 0.05) is 26.6 Å². The predicted molar refractivity (Wildman–Crippen MR) is 78.6 cm³/mol. The lowest BCUT2D eigenvalue weighted by Crippen LogP contribution is -2.41. The summed E-state index contributed by atoms with van der Waals surface area (Å²) in [6.07, 6.45) is 5.35. The molecule has 112 valence electrons. The first-order valence-electron chi connectivity index (χ1n) is 7.27. The first-order chi connectivity index (χ1) is 8.79. The van der Waals surface area contributed by atoms with E-state index in [1.54, 1.807) is 7.11 Å². The summed E-state index contributed by atoms with van der Waals surface area (Å²) >= 11 is 0. The van der Waals surface area contributed by atoms with Crippen LogP contribution < -0.4 is 5.32 Å². The topological polar surface area (TPSA) is 41.6 Å². The number of amides is 1. The van der Waals surface area contributed by atoms with Crippen molar-refractivity contribution in [2.24, 2.45) is 11.8 Å². The summed E-state index contributed by atoms with van der Waals surface area (Å²) in [4.78, 5) is 14.2. The Morgan fingerprint density at radius 2 is 2.21 bits per heavy atom. The molecule has 2 saturated heterocycles. The van der Waals surface area contributed by atoms with Gasteiger partial charge in [-0.2, -0.15) is 0 Å². The maximum atomic E-state index is 12.2. The lowest BCUT2D eigenvalue weighted by Gasteiger charge is -2.32. The van der Waals surface area contributed by atoms with E-state index in [1.807, 2.05) is 0 Å². The zero-order valence-corrected chi connectivity index (χ0v) is 12.7. The van der Waals surface area contributed by atoms with Crippen molar-refractivity contribution in [2.45, 2.75) is 32.1 Å². The minimum atomic E-state index is 0. The fraction of sp³-hybridized carbons (Fsp3) is 0.929. The van der Waals surface area contributed by atoms with Gasteiger partial charge < -0.3 is 15.0 Å². The highest BCUT2D eigenvalue weighted by atomic mass is 35.5. The Balaban J connectivity index is 0.00000180. The van der Waals surface area contributed by atoms with Crippen LogP contribution in [0.5, 0.6) is 0 Å². The number of likely N-dealkylation sites (tertiary alicyclic amines) is 1. The van der Waals surface area contributed by atoms with Crippen molar-refractivity contribution in [3.63, 3.8) is 0 Å². The van der Waals surface area contributed by atoms with Crippen molar-refractivity contribution in [1.82, 2.24) is 10.2 Å². The van der Waals surface area contributed by atoms with E-state index < -0.39 is 0 Å². The minimum Gasteiger partial charge on any atom is -0.384 e. The maximum Gasteiger partial charge on any atom is 0.222 e. The molecule has 2 atom stereocenters. The zero-order chi connectivity index (χ0) is 12.8. The molecule has 19 heavy (non-hydrogen) atoms. The van der Waals surface area contributed by atoms with Crippen LogP contribution in [0.4, 0.5) is 0 Å². The molecule has 2 aliphatic rings. The molecule has 2 heterocycles. The molecule has 0 bridgehead atoms. The van der Waals surface area contributed by atoms with Crippen LogP contribution in [0.25, 0.3) is 0 Å². The fourth-order valence-corrected chi connectivity index (χ4v) is 3.11. The molecular formula is C14H27ClN2O2. The van der Waals surface area contributed by atoms with E-state index in [0.717, 1.165) is 52.0 Å². The average Bonchev–Trinajstić information content (AvgIpc) is 2.90. The fourth-order valence-electron chi connectivity index (χ4n) is 3.11. The van der Waals surface area contributed by atoms with E-state index in [2.05, 4.69) is 10.2 Å². The van der Waals surface area contributed by atoms with Gasteiger partial charge in [0.05, 0.1) is 6.61 Å². The summed E-state index contributed by atoms with van der Waals surface area (Å²) in [5, 5.41) is 3.36. The molecule has 0 saturated carbocycles. The largest absolute Gasteiger partial charge is 0.384 e. The summed E-state index contributed by atoms with van der Waals surface area (Å²) in [6.45, 7) is 4.85. The smallest absolute Gasteiger partial charge is 0.222 e. The summed E-state index contributed by atoms with van der Waals surface area (Å²) in [5.74, 6) is 1.61. The Kier molecular flexibility index (Phi) is 7.73. The second-order valence-electron chi connectivity index (χ2n) is 5.70. The number of nitrogens with one attached hydrogen (secondary N) is 1. The molecule has 2 aliphatic heterocycles. The summed E-state index contributed by atoms with van der Waals surface area (Å²) < 4.78 is 5.20. The van der Waals surface area contributed by atoms with E-state index in [0.29, 0.717) is 17.7 Å². The van der Waals surface area contributed by atoms with Crippen molar-refractivity contribution in [3.05, 3.63) is 0 Å². The Bertz CT molecular complexity index is 268. The van der Waals surface area contributed by atoms with Gasteiger partial charge in [0.2, 0.25) is 5.91 Å². The summed E-state index contributed by atoms with van der Waals surface area (Å²) in [7, 11) is 1.74. The molecular weight excluding hydrogens is 264 g/mol. The number of carbonyl (C=O) groups excluding carboxylic acids is 1. The Labute approximate surface area is 122 Å². The van der Waals surface area contributed by atoms with Crippen molar-refractivity contribution >= 4 is 18.3 Å². The summed E-state index contributed by atoms with van der Waals surface area (Å²) in [5.41, 5.74) is 0. The van der Waals surface area contributed by atoms with Crippen molar-refractivity contribution < 1.29 is 9.53 Å². The third-order valence-electron chi connectivity index (χ3n) is 4.20. The number of hydrogen-bond donors (Lipinski definition) is 1. The lowest BCUT2D eigenvalue weighted by atomic mass is 9.97. The number of halogens is 1. The van der Waals surface area contributed by atoms with Gasteiger partial charge in [0.25, 0.3) is 0 Å². The van der Waals surface area contributed by atoms with Crippen LogP contribution in [-0.2, 0) is 9.53 Å². The van der Waals surface area contributed by atoms with Gasteiger partial charge in [-0.3, -0.25) is 4.79 Å². The van der Waals surface area contributed by atoms with Crippen LogP contribution >= 0.6 is 12.4 Å². The Morgan fingerprint density at radius 3 is 2.89 bits per heavy atom. The van der Waals surface area contributed by atoms with Crippen molar-refractivity contribution in [1.29, 1.82) is 0 Å². The predicted octanol–water partition coefficient (Wildman–Crippen LogP) is 1.68. The molecule has 0 aromatic carbocycles. The molecule has 2 unspecified atom stereocenters. The monoisotopic (exact) mass is 290 g/mol. The molecule has 1 N–H and O–H groups in total. The summed E-state index contributed by atoms with van der Waals surface area (Å²) in [6, 6.07) is 0. The quantitative estimate of drug-likeness (QED) is 0.838. The van der Waals surface area contributed by atoms with Crippen LogP contribution in [0.1, 0.15) is 32.1 Å². The third-order valence-corrected chi connectivity index (χ3v) is 4.20. The highest BCUT2D eigenvalue weighted by Crippen LogP contribution is 2.20. The molecule has 1 amide bonds. The molecule has 5 heteroatoms. The number of rotatable bonds is 5. The van der Waals surface area contributed by atoms with Gasteiger partial charge in [-0.05, 0) is 50.6 Å². The van der Waals surface area contributed by atoms with Crippen LogP contribution in [0, 0.1) is 11.8 Å². The second-order valence-corrected chi connectivity index (χ2v) is 5.70. The first kappa shape index (κ1) is 16.7. The van der Waals surface area contributed by atoms with Crippen molar-refractivity contribution in [2.75, 3.05) is 39.9 Å². The lowest BCUT2D eigenvalue weighted by molar-refractivity contribution is -0.133. The van der Waals surface area contributed by atoms with Gasteiger partial charge in [-0.15, -0.1) is 12.4 Å². The van der Waals surface area contributed by atoms with Gasteiger partial charge in [-0.1, -0.05) is 0 Å². The van der Waals surface area contributed by atoms with Crippen LogP contribution in [0.15, 0.2) is 0 Å². The highest BCUT2D eigenvalue weighted by molar-refractivity contribution is 5.85. The SMILES string of the molecule is COCC1CCCN(C(=O)CCC2CCNC2)C1.Cl. The standard InChI is InChI=1S/C14H26N2O2.ClH/c1-18-11-13-3-2-8-16(10-13)14(17)5-4-12-6-7-15-9-12;/h12-13,15H,2-11H2,1H3;1H. The number of ether oxygens (including phenoxy) is 1. The number of carbonyl (C=O) groups is 1. The third kappa shape index (κ3) is 5.28. The van der Waals surface area contributed by atoms with Crippen LogP contribution in [-0.4, -0.2) is 50.7 Å². The average molecular weight is 291 g/mol. The number of methoxy groups -OCH3 is 1. The molecule has 2 fully saturated rings. The van der Waals surface area contributed by atoms with E-state index in [-0.39, 0.29) is 12.4 Å². The van der Waals surface area contributed by atoms with Gasteiger partial charge in [-0.25, -0.2) is 0 Å². The molecule has 0 aromatic heterocycles. The molecule has 4 nitrogen and oxygen atoms in total. The maximum absolute atomic E-state index is 12.2. The zero-order valence-electron chi connectivity index (χ0n) is 11.9. The molecule has 2 rings (SSSR count). The van der Waals surface area contributed by atoms with E-state index in [1.165, 1.54) is 12.8 Å². The Morgan fingerprint density at radius 1 is 1.37 bits per heavy atom. The minimum absolute atomic E-state index is 0. The van der Waals surface area contributed by atoms with Crippen LogP contribution in [0.2, 0.25) is 0 Å². The number of hydrogen-bond acceptors (Lipinski definition) is 3. The first-order valence-corrected chi connectivity index (χ1v) is 7.27. The molecule has 0 spiro atoms. The van der Waals surface area contributed by atoms with E-state index >= 15 is 0 Å². The van der Waals surface area contributed by atoms with E-state index in [9.17, 15) is 4.79 Å². The molecule has 0 aromatic rings. The number of piperidine rings is 1. The molecule has 0 radical (unpaired) electrons. The Hall–Kier alpha value is -0.320.